The molecule has 0 fully saturated rings. The van der Waals surface area contributed by atoms with E-state index in [2.05, 4.69) is 29.7 Å². The molecule has 3 N–H and O–H groups in total. The van der Waals surface area contributed by atoms with Crippen molar-refractivity contribution in [2.24, 2.45) is 0 Å². The summed E-state index contributed by atoms with van der Waals surface area (Å²) >= 11 is 6.20. The highest BCUT2D eigenvalue weighted by Gasteiger charge is 2.27. The lowest BCUT2D eigenvalue weighted by atomic mass is 10.0. The Balaban J connectivity index is 1.83. The number of anilines is 1. The summed E-state index contributed by atoms with van der Waals surface area (Å²) in [6, 6.07) is 25.4. The average Bonchev–Trinajstić information content (AvgIpc) is 2.70. The first-order valence-electron chi connectivity index (χ1n) is 9.06. The summed E-state index contributed by atoms with van der Waals surface area (Å²) in [6.45, 7) is 4.05. The number of rotatable bonds is 6. The van der Waals surface area contributed by atoms with Crippen LogP contribution in [0.5, 0.6) is 0 Å². The van der Waals surface area contributed by atoms with Gasteiger partial charge in [-0.1, -0.05) is 78.3 Å². The van der Waals surface area contributed by atoms with Gasteiger partial charge in [-0.2, -0.15) is 0 Å². The van der Waals surface area contributed by atoms with Gasteiger partial charge in [-0.05, 0) is 31.5 Å². The van der Waals surface area contributed by atoms with E-state index >= 15 is 0 Å². The molecule has 0 aliphatic heterocycles. The molecule has 0 unspecified atom stereocenters. The predicted molar refractivity (Wildman–Crippen MR) is 111 cm³/mol. The van der Waals surface area contributed by atoms with Gasteiger partial charge in [-0.25, -0.2) is 0 Å². The number of hydrogen-bond donors (Lipinski definition) is 2. The van der Waals surface area contributed by atoms with E-state index in [1.54, 1.807) is 6.07 Å². The Labute approximate surface area is 165 Å². The molecule has 3 aromatic rings. The van der Waals surface area contributed by atoms with Crippen LogP contribution in [0.2, 0.25) is 5.02 Å². The molecular weight excluding hydrogens is 356 g/mol. The van der Waals surface area contributed by atoms with E-state index in [4.69, 9.17) is 11.6 Å². The largest absolute Gasteiger partial charge is 0.326 e. The van der Waals surface area contributed by atoms with Crippen molar-refractivity contribution in [2.75, 3.05) is 5.32 Å². The SMILES string of the molecule is Cc1ccc(NC(=O)[C@H]([NH2+][C@@H](C)c2ccccc2)c2ccccc2)cc1Cl. The van der Waals surface area contributed by atoms with Crippen LogP contribution in [-0.4, -0.2) is 5.91 Å². The van der Waals surface area contributed by atoms with Gasteiger partial charge in [0, 0.05) is 21.8 Å². The second-order valence-electron chi connectivity index (χ2n) is 6.73. The Morgan fingerprint density at radius 1 is 0.926 bits per heavy atom. The average molecular weight is 380 g/mol. The summed E-state index contributed by atoms with van der Waals surface area (Å²) in [5, 5.41) is 5.75. The topological polar surface area (TPSA) is 45.7 Å². The standard InChI is InChI=1S/C23H23ClN2O/c1-16-13-14-20(15-21(16)24)26-23(27)22(19-11-7-4-8-12-19)25-17(2)18-9-5-3-6-10-18/h3-15,17,22,25H,1-2H3,(H,26,27)/p+1/t17-,22+/m0/s1. The zero-order valence-electron chi connectivity index (χ0n) is 15.5. The monoisotopic (exact) mass is 379 g/mol. The minimum atomic E-state index is -0.360. The molecule has 0 saturated carbocycles. The van der Waals surface area contributed by atoms with Crippen LogP contribution < -0.4 is 10.6 Å². The molecule has 1 amide bonds. The minimum absolute atomic E-state index is 0.0658. The highest BCUT2D eigenvalue weighted by atomic mass is 35.5. The first-order valence-corrected chi connectivity index (χ1v) is 9.44. The van der Waals surface area contributed by atoms with E-state index in [-0.39, 0.29) is 18.0 Å². The van der Waals surface area contributed by atoms with E-state index in [0.717, 1.165) is 11.1 Å². The van der Waals surface area contributed by atoms with Gasteiger partial charge >= 0.3 is 0 Å². The Morgan fingerprint density at radius 2 is 1.52 bits per heavy atom. The fourth-order valence-corrected chi connectivity index (χ4v) is 3.24. The summed E-state index contributed by atoms with van der Waals surface area (Å²) < 4.78 is 0. The lowest BCUT2D eigenvalue weighted by Crippen LogP contribution is -2.87. The molecule has 138 valence electrons. The summed E-state index contributed by atoms with van der Waals surface area (Å²) in [5.41, 5.74) is 3.84. The van der Waals surface area contributed by atoms with Crippen LogP contribution in [0, 0.1) is 6.92 Å². The van der Waals surface area contributed by atoms with Gasteiger partial charge in [0.1, 0.15) is 6.04 Å². The quantitative estimate of drug-likeness (QED) is 0.643. The highest BCUT2D eigenvalue weighted by molar-refractivity contribution is 6.31. The van der Waals surface area contributed by atoms with E-state index in [9.17, 15) is 4.79 Å². The second-order valence-corrected chi connectivity index (χ2v) is 7.14. The first-order chi connectivity index (χ1) is 13.0. The number of carbonyl (C=O) groups excluding carboxylic acids is 1. The summed E-state index contributed by atoms with van der Waals surface area (Å²) in [5.74, 6) is -0.0658. The van der Waals surface area contributed by atoms with E-state index in [1.807, 2.05) is 67.6 Å². The molecule has 0 aliphatic carbocycles. The molecule has 2 atom stereocenters. The maximum atomic E-state index is 13.1. The molecule has 0 spiro atoms. The molecule has 0 saturated heterocycles. The first kappa shape index (κ1) is 19.2. The van der Waals surface area contributed by atoms with Crippen LogP contribution in [0.1, 0.15) is 35.7 Å². The van der Waals surface area contributed by atoms with Crippen LogP contribution in [0.25, 0.3) is 0 Å². The molecule has 0 radical (unpaired) electrons. The van der Waals surface area contributed by atoms with Gasteiger partial charge in [0.2, 0.25) is 0 Å². The van der Waals surface area contributed by atoms with Crippen molar-refractivity contribution in [3.63, 3.8) is 0 Å². The third kappa shape index (κ3) is 4.97. The van der Waals surface area contributed by atoms with Gasteiger partial charge in [-0.15, -0.1) is 0 Å². The van der Waals surface area contributed by atoms with Gasteiger partial charge in [0.25, 0.3) is 5.91 Å². The molecule has 27 heavy (non-hydrogen) atoms. The third-order valence-corrected chi connectivity index (χ3v) is 5.09. The number of quaternary nitrogens is 1. The number of nitrogens with one attached hydrogen (secondary N) is 1. The molecule has 0 heterocycles. The van der Waals surface area contributed by atoms with E-state index in [1.165, 1.54) is 5.56 Å². The molecule has 4 heteroatoms. The molecule has 0 aliphatic rings. The van der Waals surface area contributed by atoms with E-state index < -0.39 is 0 Å². The zero-order chi connectivity index (χ0) is 19.2. The summed E-state index contributed by atoms with van der Waals surface area (Å²) in [4.78, 5) is 13.1. The van der Waals surface area contributed by atoms with Crippen molar-refractivity contribution in [1.82, 2.24) is 0 Å². The molecule has 3 nitrogen and oxygen atoms in total. The van der Waals surface area contributed by atoms with Gasteiger partial charge in [0.15, 0.2) is 6.04 Å². The smallest absolute Gasteiger partial charge is 0.287 e. The number of halogens is 1. The maximum absolute atomic E-state index is 13.1. The number of amides is 1. The van der Waals surface area contributed by atoms with Crippen molar-refractivity contribution in [2.45, 2.75) is 25.9 Å². The third-order valence-electron chi connectivity index (χ3n) is 4.69. The minimum Gasteiger partial charge on any atom is -0.326 e. The van der Waals surface area contributed by atoms with Crippen molar-refractivity contribution in [3.05, 3.63) is 101 Å². The van der Waals surface area contributed by atoms with Crippen molar-refractivity contribution < 1.29 is 10.1 Å². The number of carbonyl (C=O) groups is 1. The van der Waals surface area contributed by atoms with Crippen molar-refractivity contribution in [3.8, 4) is 0 Å². The van der Waals surface area contributed by atoms with Gasteiger partial charge in [0.05, 0.1) is 0 Å². The zero-order valence-corrected chi connectivity index (χ0v) is 16.3. The number of benzene rings is 3. The van der Waals surface area contributed by atoms with Crippen molar-refractivity contribution in [1.29, 1.82) is 0 Å². The van der Waals surface area contributed by atoms with Crippen LogP contribution in [0.4, 0.5) is 5.69 Å². The second kappa shape index (κ2) is 8.85. The summed E-state index contributed by atoms with van der Waals surface area (Å²) in [6.07, 6.45) is 0. The van der Waals surface area contributed by atoms with Gasteiger partial charge in [-0.3, -0.25) is 4.79 Å². The molecule has 0 aromatic heterocycles. The maximum Gasteiger partial charge on any atom is 0.287 e. The summed E-state index contributed by atoms with van der Waals surface area (Å²) in [7, 11) is 0. The van der Waals surface area contributed by atoms with Gasteiger partial charge < -0.3 is 10.6 Å². The lowest BCUT2D eigenvalue weighted by Gasteiger charge is -2.20. The van der Waals surface area contributed by atoms with E-state index in [0.29, 0.717) is 10.7 Å². The number of nitrogens with two attached hydrogens (primary N) is 1. The lowest BCUT2D eigenvalue weighted by molar-refractivity contribution is -0.718. The Hall–Kier alpha value is -2.62. The van der Waals surface area contributed by atoms with Crippen LogP contribution in [0.15, 0.2) is 78.9 Å². The van der Waals surface area contributed by atoms with Crippen LogP contribution in [0.3, 0.4) is 0 Å². The predicted octanol–water partition coefficient (Wildman–Crippen LogP) is 4.65. The fourth-order valence-electron chi connectivity index (χ4n) is 3.06. The van der Waals surface area contributed by atoms with Crippen LogP contribution >= 0.6 is 11.6 Å². The Bertz CT molecular complexity index is 897. The fraction of sp³-hybridized carbons (Fsp3) is 0.174. The van der Waals surface area contributed by atoms with Crippen LogP contribution in [-0.2, 0) is 4.79 Å². The highest BCUT2D eigenvalue weighted by Crippen LogP contribution is 2.21. The molecule has 3 aromatic carbocycles. The molecule has 3 rings (SSSR count). The molecule has 0 bridgehead atoms. The Kier molecular flexibility index (Phi) is 6.28. The molecular formula is C23H24ClN2O+. The number of hydrogen-bond acceptors (Lipinski definition) is 1. The normalized spacial score (nSPS) is 13.0. The number of aryl methyl sites for hydroxylation is 1. The van der Waals surface area contributed by atoms with Crippen molar-refractivity contribution >= 4 is 23.2 Å². The Morgan fingerprint density at radius 3 is 2.11 bits per heavy atom.